The van der Waals surface area contributed by atoms with E-state index in [4.69, 9.17) is 0 Å². The maximum absolute atomic E-state index is 9.50. The highest BCUT2D eigenvalue weighted by atomic mass is 16.3. The number of nitrogens with one attached hydrogen (secondary N) is 1. The van der Waals surface area contributed by atoms with Crippen LogP contribution in [0.4, 0.5) is 0 Å². The molecular formula is C17H32N2O. The van der Waals surface area contributed by atoms with Crippen molar-refractivity contribution < 1.29 is 5.11 Å². The molecule has 116 valence electrons. The summed E-state index contributed by atoms with van der Waals surface area (Å²) in [6.45, 7) is 8.23. The normalized spacial score (nSPS) is 29.4. The first-order valence-electron chi connectivity index (χ1n) is 8.41. The van der Waals surface area contributed by atoms with Crippen LogP contribution in [0.15, 0.2) is 11.6 Å². The van der Waals surface area contributed by atoms with E-state index in [1.165, 1.54) is 57.2 Å². The van der Waals surface area contributed by atoms with Crippen molar-refractivity contribution in [2.45, 2.75) is 64.5 Å². The van der Waals surface area contributed by atoms with Crippen molar-refractivity contribution in [3.63, 3.8) is 0 Å². The van der Waals surface area contributed by atoms with Crippen LogP contribution in [0.5, 0.6) is 0 Å². The summed E-state index contributed by atoms with van der Waals surface area (Å²) in [4.78, 5) is 2.55. The first-order chi connectivity index (χ1) is 9.69. The highest BCUT2D eigenvalue weighted by Gasteiger charge is 2.27. The molecule has 0 amide bonds. The summed E-state index contributed by atoms with van der Waals surface area (Å²) in [6.07, 6.45) is 9.92. The van der Waals surface area contributed by atoms with Crippen molar-refractivity contribution in [2.75, 3.05) is 26.2 Å². The number of aliphatic hydroxyl groups excluding tert-OH is 1. The second-order valence-electron chi connectivity index (χ2n) is 6.86. The quantitative estimate of drug-likeness (QED) is 0.760. The van der Waals surface area contributed by atoms with Gasteiger partial charge in [-0.3, -0.25) is 4.90 Å². The molecule has 1 aliphatic heterocycles. The second kappa shape index (κ2) is 8.16. The molecule has 2 atom stereocenters. The van der Waals surface area contributed by atoms with Crippen LogP contribution in [-0.2, 0) is 0 Å². The fraction of sp³-hybridized carbons (Fsp3) is 0.882. The summed E-state index contributed by atoms with van der Waals surface area (Å²) < 4.78 is 0. The number of hydrogen-bond donors (Lipinski definition) is 2. The third kappa shape index (κ3) is 4.87. The van der Waals surface area contributed by atoms with Gasteiger partial charge >= 0.3 is 0 Å². The molecule has 0 spiro atoms. The van der Waals surface area contributed by atoms with Gasteiger partial charge in [0.1, 0.15) is 0 Å². The lowest BCUT2D eigenvalue weighted by Crippen LogP contribution is -2.49. The van der Waals surface area contributed by atoms with Gasteiger partial charge in [0, 0.05) is 25.2 Å². The van der Waals surface area contributed by atoms with Gasteiger partial charge in [0.2, 0.25) is 0 Å². The molecular weight excluding hydrogens is 248 g/mol. The number of aliphatic hydroxyl groups is 1. The van der Waals surface area contributed by atoms with Crippen molar-refractivity contribution >= 4 is 0 Å². The Morgan fingerprint density at radius 2 is 1.85 bits per heavy atom. The molecule has 2 aliphatic rings. The number of nitrogens with zero attached hydrogens (tertiary/aromatic N) is 1. The average Bonchev–Trinajstić information content (AvgIpc) is 2.47. The molecule has 20 heavy (non-hydrogen) atoms. The fourth-order valence-electron chi connectivity index (χ4n) is 3.54. The predicted molar refractivity (Wildman–Crippen MR) is 84.9 cm³/mol. The molecule has 1 saturated heterocycles. The topological polar surface area (TPSA) is 35.5 Å². The molecule has 1 aliphatic carbocycles. The van der Waals surface area contributed by atoms with E-state index in [9.17, 15) is 5.11 Å². The molecule has 2 unspecified atom stereocenters. The van der Waals surface area contributed by atoms with E-state index in [2.05, 4.69) is 30.1 Å². The molecule has 1 heterocycles. The van der Waals surface area contributed by atoms with Crippen molar-refractivity contribution in [3.05, 3.63) is 11.6 Å². The Hall–Kier alpha value is -0.380. The van der Waals surface area contributed by atoms with Gasteiger partial charge in [0.05, 0.1) is 0 Å². The van der Waals surface area contributed by atoms with Gasteiger partial charge in [0.25, 0.3) is 0 Å². The molecule has 1 saturated carbocycles. The first-order valence-corrected chi connectivity index (χ1v) is 8.41. The van der Waals surface area contributed by atoms with Crippen LogP contribution in [-0.4, -0.2) is 48.3 Å². The number of hydrogen-bond acceptors (Lipinski definition) is 3. The van der Waals surface area contributed by atoms with Gasteiger partial charge in [-0.2, -0.15) is 0 Å². The molecule has 3 nitrogen and oxygen atoms in total. The lowest BCUT2D eigenvalue weighted by molar-refractivity contribution is 0.130. The van der Waals surface area contributed by atoms with Crippen molar-refractivity contribution in [3.8, 4) is 0 Å². The Morgan fingerprint density at radius 1 is 1.15 bits per heavy atom. The molecule has 2 fully saturated rings. The SMILES string of the molecule is CC(C)=CCN1CCC(NC2CCCCC2CO)CC1. The Morgan fingerprint density at radius 3 is 2.50 bits per heavy atom. The zero-order chi connectivity index (χ0) is 14.4. The van der Waals surface area contributed by atoms with E-state index in [0.717, 1.165) is 6.54 Å². The van der Waals surface area contributed by atoms with Crippen LogP contribution in [0.2, 0.25) is 0 Å². The van der Waals surface area contributed by atoms with Gasteiger partial charge in [-0.15, -0.1) is 0 Å². The van der Waals surface area contributed by atoms with Crippen LogP contribution in [0, 0.1) is 5.92 Å². The monoisotopic (exact) mass is 280 g/mol. The molecule has 3 heteroatoms. The van der Waals surface area contributed by atoms with Crippen LogP contribution in [0.25, 0.3) is 0 Å². The minimum Gasteiger partial charge on any atom is -0.396 e. The molecule has 0 aromatic rings. The van der Waals surface area contributed by atoms with Crippen molar-refractivity contribution in [2.24, 2.45) is 5.92 Å². The summed E-state index contributed by atoms with van der Waals surface area (Å²) in [5.74, 6) is 0.493. The highest BCUT2D eigenvalue weighted by molar-refractivity contribution is 4.96. The third-order valence-corrected chi connectivity index (χ3v) is 4.94. The number of likely N-dealkylation sites (tertiary alicyclic amines) is 1. The Kier molecular flexibility index (Phi) is 6.53. The van der Waals surface area contributed by atoms with Crippen LogP contribution >= 0.6 is 0 Å². The lowest BCUT2D eigenvalue weighted by Gasteiger charge is -2.38. The summed E-state index contributed by atoms with van der Waals surface area (Å²) in [5.41, 5.74) is 1.42. The zero-order valence-electron chi connectivity index (χ0n) is 13.3. The van der Waals surface area contributed by atoms with E-state index in [1.54, 1.807) is 0 Å². The Labute approximate surface area is 124 Å². The van der Waals surface area contributed by atoms with E-state index >= 15 is 0 Å². The molecule has 0 radical (unpaired) electrons. The van der Waals surface area contributed by atoms with Gasteiger partial charge < -0.3 is 10.4 Å². The summed E-state index contributed by atoms with van der Waals surface area (Å²) >= 11 is 0. The Bertz CT molecular complexity index is 304. The lowest BCUT2D eigenvalue weighted by atomic mass is 9.84. The number of allylic oxidation sites excluding steroid dienone is 1. The molecule has 2 N–H and O–H groups in total. The van der Waals surface area contributed by atoms with E-state index in [0.29, 0.717) is 24.6 Å². The zero-order valence-corrected chi connectivity index (χ0v) is 13.3. The first kappa shape index (κ1) is 16.0. The standard InChI is InChI=1S/C17H32N2O/c1-14(2)7-10-19-11-8-16(9-12-19)18-17-6-4-3-5-15(17)13-20/h7,15-18,20H,3-6,8-13H2,1-2H3. The van der Waals surface area contributed by atoms with E-state index in [-0.39, 0.29) is 0 Å². The maximum atomic E-state index is 9.50. The van der Waals surface area contributed by atoms with Crippen LogP contribution in [0.3, 0.4) is 0 Å². The van der Waals surface area contributed by atoms with Gasteiger partial charge in [-0.05, 0) is 58.5 Å². The maximum Gasteiger partial charge on any atom is 0.0474 e. The van der Waals surface area contributed by atoms with Crippen LogP contribution < -0.4 is 5.32 Å². The summed E-state index contributed by atoms with van der Waals surface area (Å²) in [5, 5.41) is 13.3. The second-order valence-corrected chi connectivity index (χ2v) is 6.86. The predicted octanol–water partition coefficient (Wildman–Crippen LogP) is 2.56. The number of rotatable bonds is 5. The molecule has 0 bridgehead atoms. The Balaban J connectivity index is 1.72. The van der Waals surface area contributed by atoms with Crippen molar-refractivity contribution in [1.82, 2.24) is 10.2 Å². The highest BCUT2D eigenvalue weighted by Crippen LogP contribution is 2.25. The smallest absolute Gasteiger partial charge is 0.0474 e. The minimum absolute atomic E-state index is 0.358. The van der Waals surface area contributed by atoms with Gasteiger partial charge in [-0.25, -0.2) is 0 Å². The number of piperidine rings is 1. The minimum atomic E-state index is 0.358. The average molecular weight is 280 g/mol. The summed E-state index contributed by atoms with van der Waals surface area (Å²) in [6, 6.07) is 1.22. The van der Waals surface area contributed by atoms with Crippen LogP contribution in [0.1, 0.15) is 52.4 Å². The third-order valence-electron chi connectivity index (χ3n) is 4.94. The van der Waals surface area contributed by atoms with Gasteiger partial charge in [-0.1, -0.05) is 24.5 Å². The van der Waals surface area contributed by atoms with E-state index < -0.39 is 0 Å². The molecule has 2 rings (SSSR count). The molecule has 0 aromatic carbocycles. The summed E-state index contributed by atoms with van der Waals surface area (Å²) in [7, 11) is 0. The van der Waals surface area contributed by atoms with E-state index in [1.807, 2.05) is 0 Å². The molecule has 0 aromatic heterocycles. The largest absolute Gasteiger partial charge is 0.396 e. The van der Waals surface area contributed by atoms with Gasteiger partial charge in [0.15, 0.2) is 0 Å². The van der Waals surface area contributed by atoms with Crippen molar-refractivity contribution in [1.29, 1.82) is 0 Å². The fourth-order valence-corrected chi connectivity index (χ4v) is 3.54.